The quantitative estimate of drug-likeness (QED) is 0.569. The zero-order valence-electron chi connectivity index (χ0n) is 7.40. The van der Waals surface area contributed by atoms with Crippen LogP contribution in [0.4, 0.5) is 0 Å². The van der Waals surface area contributed by atoms with Crippen molar-refractivity contribution in [2.24, 2.45) is 0 Å². The van der Waals surface area contributed by atoms with E-state index >= 15 is 0 Å². The molecule has 1 atom stereocenters. The molecule has 1 spiro atoms. The molecule has 1 saturated heterocycles. The van der Waals surface area contributed by atoms with Gasteiger partial charge in [0.2, 0.25) is 0 Å². The molecule has 0 aromatic rings. The van der Waals surface area contributed by atoms with E-state index in [9.17, 15) is 4.79 Å². The van der Waals surface area contributed by atoms with Gasteiger partial charge in [-0.25, -0.2) is 0 Å². The van der Waals surface area contributed by atoms with E-state index in [4.69, 9.17) is 4.74 Å². The average molecular weight is 176 g/mol. The Balaban J connectivity index is 2.16. The van der Waals surface area contributed by atoms with E-state index in [-0.39, 0.29) is 17.5 Å². The van der Waals surface area contributed by atoms with E-state index in [1.165, 1.54) is 0 Å². The summed E-state index contributed by atoms with van der Waals surface area (Å²) >= 11 is 0. The van der Waals surface area contributed by atoms with Crippen molar-refractivity contribution >= 4 is 5.78 Å². The Morgan fingerprint density at radius 1 is 1.54 bits per heavy atom. The third-order valence-electron chi connectivity index (χ3n) is 2.51. The number of ether oxygens (including phenoxy) is 1. The van der Waals surface area contributed by atoms with E-state index in [1.54, 1.807) is 12.2 Å². The highest BCUT2D eigenvalue weighted by Crippen LogP contribution is 2.34. The highest BCUT2D eigenvalue weighted by atomic mass is 16.5. The molecule has 0 saturated carbocycles. The van der Waals surface area contributed by atoms with Crippen LogP contribution in [-0.2, 0) is 9.53 Å². The van der Waals surface area contributed by atoms with Crippen LogP contribution in [0.15, 0.2) is 37.0 Å². The van der Waals surface area contributed by atoms with Crippen LogP contribution in [0.1, 0.15) is 12.8 Å². The standard InChI is InChI=1S/C11H12O2/c1-2-10-5-8-11(13-10)6-3-9(12)4-7-11/h2-4,6-7,10H,1,5,8H2. The maximum Gasteiger partial charge on any atom is 0.178 e. The van der Waals surface area contributed by atoms with Gasteiger partial charge in [0.1, 0.15) is 5.60 Å². The van der Waals surface area contributed by atoms with Crippen LogP contribution in [0.5, 0.6) is 0 Å². The van der Waals surface area contributed by atoms with Crippen LogP contribution in [0.3, 0.4) is 0 Å². The number of carbonyl (C=O) groups excluding carboxylic acids is 1. The smallest absolute Gasteiger partial charge is 0.178 e. The Kier molecular flexibility index (Phi) is 1.93. The highest BCUT2D eigenvalue weighted by Gasteiger charge is 2.35. The number of rotatable bonds is 1. The van der Waals surface area contributed by atoms with Crippen molar-refractivity contribution < 1.29 is 9.53 Å². The van der Waals surface area contributed by atoms with Crippen LogP contribution in [0.2, 0.25) is 0 Å². The van der Waals surface area contributed by atoms with Gasteiger partial charge in [0, 0.05) is 0 Å². The predicted octanol–water partition coefficient (Wildman–Crippen LogP) is 1.79. The van der Waals surface area contributed by atoms with Gasteiger partial charge in [-0.1, -0.05) is 6.08 Å². The molecule has 68 valence electrons. The first kappa shape index (κ1) is 8.45. The van der Waals surface area contributed by atoms with E-state index < -0.39 is 0 Å². The first-order valence-electron chi connectivity index (χ1n) is 4.47. The number of carbonyl (C=O) groups is 1. The Hall–Kier alpha value is -1.15. The fraction of sp³-hybridized carbons (Fsp3) is 0.364. The second kappa shape index (κ2) is 2.96. The monoisotopic (exact) mass is 176 g/mol. The van der Waals surface area contributed by atoms with Gasteiger partial charge in [0.05, 0.1) is 6.10 Å². The number of hydrogen-bond donors (Lipinski definition) is 0. The Labute approximate surface area is 77.6 Å². The second-order valence-corrected chi connectivity index (χ2v) is 3.45. The van der Waals surface area contributed by atoms with Gasteiger partial charge < -0.3 is 4.74 Å². The van der Waals surface area contributed by atoms with Crippen molar-refractivity contribution in [3.63, 3.8) is 0 Å². The van der Waals surface area contributed by atoms with Crippen LogP contribution >= 0.6 is 0 Å². The summed E-state index contributed by atoms with van der Waals surface area (Å²) in [6.45, 7) is 3.70. The average Bonchev–Trinajstić information content (AvgIpc) is 2.55. The largest absolute Gasteiger partial charge is 0.359 e. The van der Waals surface area contributed by atoms with Gasteiger partial charge in [-0.05, 0) is 37.1 Å². The third kappa shape index (κ3) is 1.49. The first-order chi connectivity index (χ1) is 6.24. The molecular formula is C11H12O2. The summed E-state index contributed by atoms with van der Waals surface area (Å²) in [5, 5.41) is 0. The van der Waals surface area contributed by atoms with E-state index in [1.807, 2.05) is 18.2 Å². The molecule has 0 aromatic heterocycles. The molecule has 1 aliphatic heterocycles. The van der Waals surface area contributed by atoms with E-state index in [2.05, 4.69) is 6.58 Å². The minimum absolute atomic E-state index is 0.0382. The Morgan fingerprint density at radius 3 is 2.77 bits per heavy atom. The zero-order valence-corrected chi connectivity index (χ0v) is 7.40. The Bertz CT molecular complexity index is 283. The molecule has 0 radical (unpaired) electrons. The lowest BCUT2D eigenvalue weighted by Crippen LogP contribution is -2.25. The maximum atomic E-state index is 10.9. The van der Waals surface area contributed by atoms with Crippen molar-refractivity contribution in [3.8, 4) is 0 Å². The van der Waals surface area contributed by atoms with Crippen LogP contribution in [-0.4, -0.2) is 17.5 Å². The zero-order chi connectivity index (χ0) is 9.31. The van der Waals surface area contributed by atoms with Gasteiger partial charge >= 0.3 is 0 Å². The van der Waals surface area contributed by atoms with E-state index in [0.29, 0.717) is 0 Å². The van der Waals surface area contributed by atoms with Crippen molar-refractivity contribution in [2.45, 2.75) is 24.5 Å². The molecule has 1 heterocycles. The summed E-state index contributed by atoms with van der Waals surface area (Å²) in [5.41, 5.74) is -0.327. The molecule has 2 heteroatoms. The lowest BCUT2D eigenvalue weighted by Gasteiger charge is -2.23. The summed E-state index contributed by atoms with van der Waals surface area (Å²) in [6.07, 6.45) is 10.7. The fourth-order valence-corrected chi connectivity index (χ4v) is 1.74. The van der Waals surface area contributed by atoms with Crippen molar-refractivity contribution in [2.75, 3.05) is 0 Å². The molecule has 1 fully saturated rings. The molecule has 0 bridgehead atoms. The van der Waals surface area contributed by atoms with Gasteiger partial charge in [0.15, 0.2) is 5.78 Å². The predicted molar refractivity (Wildman–Crippen MR) is 50.3 cm³/mol. The maximum absolute atomic E-state index is 10.9. The Morgan fingerprint density at radius 2 is 2.23 bits per heavy atom. The normalized spacial score (nSPS) is 29.8. The van der Waals surface area contributed by atoms with Gasteiger partial charge in [-0.3, -0.25) is 4.79 Å². The van der Waals surface area contributed by atoms with Crippen LogP contribution < -0.4 is 0 Å². The lowest BCUT2D eigenvalue weighted by molar-refractivity contribution is -0.110. The SMILES string of the molecule is C=CC1CCC2(C=CC(=O)C=C2)O1. The first-order valence-corrected chi connectivity index (χ1v) is 4.47. The van der Waals surface area contributed by atoms with Crippen LogP contribution in [0, 0.1) is 0 Å². The fourth-order valence-electron chi connectivity index (χ4n) is 1.74. The third-order valence-corrected chi connectivity index (χ3v) is 2.51. The second-order valence-electron chi connectivity index (χ2n) is 3.45. The lowest BCUT2D eigenvalue weighted by atomic mass is 9.94. The molecule has 2 rings (SSSR count). The molecule has 2 nitrogen and oxygen atoms in total. The molecule has 1 aliphatic carbocycles. The van der Waals surface area contributed by atoms with Gasteiger partial charge in [0.25, 0.3) is 0 Å². The molecule has 0 N–H and O–H groups in total. The summed E-state index contributed by atoms with van der Waals surface area (Å²) in [4.78, 5) is 10.9. The summed E-state index contributed by atoms with van der Waals surface area (Å²) < 4.78 is 5.74. The summed E-state index contributed by atoms with van der Waals surface area (Å²) in [7, 11) is 0. The van der Waals surface area contributed by atoms with Gasteiger partial charge in [-0.15, -0.1) is 6.58 Å². The molecule has 2 aliphatic rings. The number of hydrogen-bond acceptors (Lipinski definition) is 2. The van der Waals surface area contributed by atoms with Crippen molar-refractivity contribution in [1.29, 1.82) is 0 Å². The molecule has 0 aromatic carbocycles. The van der Waals surface area contributed by atoms with Gasteiger partial charge in [-0.2, -0.15) is 0 Å². The minimum atomic E-state index is -0.327. The topological polar surface area (TPSA) is 26.3 Å². The van der Waals surface area contributed by atoms with Crippen LogP contribution in [0.25, 0.3) is 0 Å². The van der Waals surface area contributed by atoms with Crippen molar-refractivity contribution in [3.05, 3.63) is 37.0 Å². The summed E-state index contributed by atoms with van der Waals surface area (Å²) in [6, 6.07) is 0. The van der Waals surface area contributed by atoms with Crippen molar-refractivity contribution in [1.82, 2.24) is 0 Å². The summed E-state index contributed by atoms with van der Waals surface area (Å²) in [5.74, 6) is 0.0382. The molecule has 1 unspecified atom stereocenters. The molecule has 0 amide bonds. The minimum Gasteiger partial charge on any atom is -0.359 e. The number of allylic oxidation sites excluding steroid dienone is 2. The molecular weight excluding hydrogens is 164 g/mol. The number of ketones is 1. The van der Waals surface area contributed by atoms with E-state index in [0.717, 1.165) is 12.8 Å². The molecule has 13 heavy (non-hydrogen) atoms. The highest BCUT2D eigenvalue weighted by molar-refractivity contribution is 6.00.